The number of hydrogen-bond donors (Lipinski definition) is 0. The fraction of sp³-hybridized carbons (Fsp3) is 0.294. The van der Waals surface area contributed by atoms with Gasteiger partial charge in [0.05, 0.1) is 18.3 Å². The molecule has 112 valence electrons. The van der Waals surface area contributed by atoms with Crippen LogP contribution in [0.4, 0.5) is 13.2 Å². The van der Waals surface area contributed by atoms with Crippen LogP contribution in [0.2, 0.25) is 0 Å². The van der Waals surface area contributed by atoms with Crippen LogP contribution in [0.5, 0.6) is 0 Å². The van der Waals surface area contributed by atoms with Crippen molar-refractivity contribution in [3.05, 3.63) is 70.8 Å². The highest BCUT2D eigenvalue weighted by Gasteiger charge is 2.29. The second-order valence-electron chi connectivity index (χ2n) is 5.06. The summed E-state index contributed by atoms with van der Waals surface area (Å²) in [6, 6.07) is 13.1. The third-order valence-corrected chi connectivity index (χ3v) is 3.33. The van der Waals surface area contributed by atoms with Gasteiger partial charge >= 0.3 is 6.18 Å². The molecule has 1 nitrogen and oxygen atoms in total. The number of alkyl halides is 3. The van der Waals surface area contributed by atoms with Crippen molar-refractivity contribution < 1.29 is 17.9 Å². The molecule has 21 heavy (non-hydrogen) atoms. The van der Waals surface area contributed by atoms with Gasteiger partial charge in [0.25, 0.3) is 0 Å². The first-order valence-corrected chi connectivity index (χ1v) is 6.70. The van der Waals surface area contributed by atoms with Gasteiger partial charge in [0.2, 0.25) is 0 Å². The van der Waals surface area contributed by atoms with Gasteiger partial charge in [-0.15, -0.1) is 0 Å². The maximum absolute atomic E-state index is 12.5. The van der Waals surface area contributed by atoms with Crippen molar-refractivity contribution in [1.29, 1.82) is 0 Å². The smallest absolute Gasteiger partial charge is 0.369 e. The van der Waals surface area contributed by atoms with Crippen LogP contribution in [0.3, 0.4) is 0 Å². The summed E-state index contributed by atoms with van der Waals surface area (Å²) in [6.07, 6.45) is -4.40. The molecule has 2 rings (SSSR count). The molecular formula is C17H17F3O. The van der Waals surface area contributed by atoms with Crippen LogP contribution in [-0.2, 0) is 17.5 Å². The molecule has 1 atom stereocenters. The minimum absolute atomic E-state index is 0.104. The van der Waals surface area contributed by atoms with Gasteiger partial charge in [-0.1, -0.05) is 42.0 Å². The predicted octanol–water partition coefficient (Wildman–Crippen LogP) is 5.29. The molecule has 0 N–H and O–H groups in total. The zero-order valence-corrected chi connectivity index (χ0v) is 11.9. The van der Waals surface area contributed by atoms with E-state index < -0.39 is 11.7 Å². The minimum Gasteiger partial charge on any atom is -0.369 e. The SMILES string of the molecule is Cc1ccc(C(C)OCc2ccc(C(F)(F)F)cc2)cc1. The van der Waals surface area contributed by atoms with Gasteiger partial charge in [0.15, 0.2) is 0 Å². The third kappa shape index (κ3) is 4.33. The van der Waals surface area contributed by atoms with Crippen molar-refractivity contribution in [2.24, 2.45) is 0 Å². The van der Waals surface area contributed by atoms with E-state index in [2.05, 4.69) is 0 Å². The number of ether oxygens (including phenoxy) is 1. The Hall–Kier alpha value is -1.81. The summed E-state index contributed by atoms with van der Waals surface area (Å²) in [5, 5.41) is 0. The molecule has 0 fully saturated rings. The van der Waals surface area contributed by atoms with Gasteiger partial charge in [-0.25, -0.2) is 0 Å². The summed E-state index contributed by atoms with van der Waals surface area (Å²) in [5.74, 6) is 0. The van der Waals surface area contributed by atoms with E-state index in [4.69, 9.17) is 4.74 Å². The van der Waals surface area contributed by atoms with E-state index in [1.165, 1.54) is 17.7 Å². The third-order valence-electron chi connectivity index (χ3n) is 3.33. The first kappa shape index (κ1) is 15.6. The predicted molar refractivity (Wildman–Crippen MR) is 75.8 cm³/mol. The molecule has 0 amide bonds. The molecule has 2 aromatic carbocycles. The van der Waals surface area contributed by atoms with E-state index in [-0.39, 0.29) is 12.7 Å². The van der Waals surface area contributed by atoms with Crippen molar-refractivity contribution in [2.75, 3.05) is 0 Å². The Balaban J connectivity index is 1.95. The highest BCUT2D eigenvalue weighted by atomic mass is 19.4. The van der Waals surface area contributed by atoms with Crippen LogP contribution in [0.1, 0.15) is 35.3 Å². The summed E-state index contributed by atoms with van der Waals surface area (Å²) in [4.78, 5) is 0. The summed E-state index contributed by atoms with van der Waals surface area (Å²) >= 11 is 0. The van der Waals surface area contributed by atoms with Crippen LogP contribution in [0, 0.1) is 6.92 Å². The quantitative estimate of drug-likeness (QED) is 0.744. The number of halogens is 3. The summed E-state index contributed by atoms with van der Waals surface area (Å²) in [6.45, 7) is 4.22. The van der Waals surface area contributed by atoms with E-state index in [0.29, 0.717) is 0 Å². The molecule has 0 aliphatic heterocycles. The van der Waals surface area contributed by atoms with Crippen molar-refractivity contribution in [2.45, 2.75) is 32.7 Å². The normalized spacial score (nSPS) is 13.2. The maximum atomic E-state index is 12.5. The zero-order chi connectivity index (χ0) is 15.5. The molecule has 0 aliphatic carbocycles. The largest absolute Gasteiger partial charge is 0.416 e. The van der Waals surface area contributed by atoms with Crippen LogP contribution >= 0.6 is 0 Å². The first-order chi connectivity index (χ1) is 9.86. The van der Waals surface area contributed by atoms with E-state index in [1.807, 2.05) is 38.1 Å². The Morgan fingerprint density at radius 3 is 2.05 bits per heavy atom. The highest BCUT2D eigenvalue weighted by molar-refractivity contribution is 5.25. The molecule has 0 heterocycles. The van der Waals surface area contributed by atoms with Gasteiger partial charge < -0.3 is 4.74 Å². The molecular weight excluding hydrogens is 277 g/mol. The van der Waals surface area contributed by atoms with E-state index in [9.17, 15) is 13.2 Å². The topological polar surface area (TPSA) is 9.23 Å². The summed E-state index contributed by atoms with van der Waals surface area (Å²) in [7, 11) is 0. The summed E-state index contributed by atoms with van der Waals surface area (Å²) < 4.78 is 43.1. The summed E-state index contributed by atoms with van der Waals surface area (Å²) in [5.41, 5.74) is 2.31. The second kappa shape index (κ2) is 6.31. The van der Waals surface area contributed by atoms with E-state index >= 15 is 0 Å². The zero-order valence-electron chi connectivity index (χ0n) is 11.9. The van der Waals surface area contributed by atoms with Crippen LogP contribution in [0.25, 0.3) is 0 Å². The Labute approximate surface area is 122 Å². The average molecular weight is 294 g/mol. The Morgan fingerprint density at radius 1 is 0.952 bits per heavy atom. The van der Waals surface area contributed by atoms with Crippen LogP contribution < -0.4 is 0 Å². The molecule has 0 saturated carbocycles. The molecule has 0 aromatic heterocycles. The second-order valence-corrected chi connectivity index (χ2v) is 5.06. The lowest BCUT2D eigenvalue weighted by atomic mass is 10.1. The number of rotatable bonds is 4. The lowest BCUT2D eigenvalue weighted by Gasteiger charge is -2.14. The van der Waals surface area contributed by atoms with Crippen molar-refractivity contribution >= 4 is 0 Å². The average Bonchev–Trinajstić information content (AvgIpc) is 2.45. The minimum atomic E-state index is -4.30. The fourth-order valence-corrected chi connectivity index (χ4v) is 1.94. The Bertz CT molecular complexity index is 570. The van der Waals surface area contributed by atoms with Crippen molar-refractivity contribution in [3.63, 3.8) is 0 Å². The van der Waals surface area contributed by atoms with Gasteiger partial charge in [-0.05, 0) is 37.1 Å². The molecule has 0 aliphatic rings. The van der Waals surface area contributed by atoms with Crippen LogP contribution in [-0.4, -0.2) is 0 Å². The maximum Gasteiger partial charge on any atom is 0.416 e. The number of aryl methyl sites for hydroxylation is 1. The van der Waals surface area contributed by atoms with Gasteiger partial charge in [0.1, 0.15) is 0 Å². The number of hydrogen-bond acceptors (Lipinski definition) is 1. The van der Waals surface area contributed by atoms with Crippen molar-refractivity contribution in [3.8, 4) is 0 Å². The Morgan fingerprint density at radius 2 is 1.52 bits per heavy atom. The first-order valence-electron chi connectivity index (χ1n) is 6.70. The Kier molecular flexibility index (Phi) is 4.68. The fourth-order valence-electron chi connectivity index (χ4n) is 1.94. The highest BCUT2D eigenvalue weighted by Crippen LogP contribution is 2.29. The number of benzene rings is 2. The van der Waals surface area contributed by atoms with Crippen molar-refractivity contribution in [1.82, 2.24) is 0 Å². The molecule has 4 heteroatoms. The molecule has 2 aromatic rings. The molecule has 0 saturated heterocycles. The standard InChI is InChI=1S/C17H17F3O/c1-12-3-7-15(8-4-12)13(2)21-11-14-5-9-16(10-6-14)17(18,19)20/h3-10,13H,11H2,1-2H3. The lowest BCUT2D eigenvalue weighted by Crippen LogP contribution is -2.05. The monoisotopic (exact) mass is 294 g/mol. The molecule has 0 bridgehead atoms. The van der Waals surface area contributed by atoms with Gasteiger partial charge in [-0.2, -0.15) is 13.2 Å². The van der Waals surface area contributed by atoms with Crippen LogP contribution in [0.15, 0.2) is 48.5 Å². The van der Waals surface area contributed by atoms with E-state index in [1.54, 1.807) is 0 Å². The molecule has 0 radical (unpaired) electrons. The molecule has 0 spiro atoms. The van der Waals surface area contributed by atoms with Gasteiger partial charge in [-0.3, -0.25) is 0 Å². The van der Waals surface area contributed by atoms with Gasteiger partial charge in [0, 0.05) is 0 Å². The molecule has 1 unspecified atom stereocenters. The van der Waals surface area contributed by atoms with E-state index in [0.717, 1.165) is 23.3 Å². The lowest BCUT2D eigenvalue weighted by molar-refractivity contribution is -0.137.